The Kier molecular flexibility index (Phi) is 4.48. The fourth-order valence-electron chi connectivity index (χ4n) is 3.16. The standard InChI is InChI=1S/C17H19N5O2S/c1-11-19-13(7-16(23)20-11)14-10-24-5-4-22(14)9-12-8-18-21-17(12)15-3-2-6-25-15/h2-3,6-8,14H,4-5,9-10H2,1H3,(H,18,21)(H,19,20,23)/t14-/m1/s1. The Hall–Kier alpha value is -2.29. The molecule has 1 fully saturated rings. The van der Waals surface area contributed by atoms with Crippen molar-refractivity contribution < 1.29 is 4.74 Å². The SMILES string of the molecule is Cc1nc([C@H]2COCCN2Cc2cn[nH]c2-c2cccs2)cc(=O)[nH]1. The van der Waals surface area contributed by atoms with Gasteiger partial charge in [0.05, 0.1) is 41.7 Å². The highest BCUT2D eigenvalue weighted by atomic mass is 32.1. The first-order chi connectivity index (χ1) is 12.2. The van der Waals surface area contributed by atoms with Gasteiger partial charge in [-0.15, -0.1) is 11.3 Å². The Morgan fingerprint density at radius 1 is 1.48 bits per heavy atom. The first kappa shape index (κ1) is 16.2. The van der Waals surface area contributed by atoms with E-state index in [0.717, 1.165) is 30.0 Å². The molecule has 2 N–H and O–H groups in total. The smallest absolute Gasteiger partial charge is 0.251 e. The van der Waals surface area contributed by atoms with Crippen LogP contribution >= 0.6 is 11.3 Å². The van der Waals surface area contributed by atoms with Gasteiger partial charge < -0.3 is 9.72 Å². The van der Waals surface area contributed by atoms with Gasteiger partial charge in [-0.25, -0.2) is 4.98 Å². The van der Waals surface area contributed by atoms with Crippen molar-refractivity contribution in [3.63, 3.8) is 0 Å². The van der Waals surface area contributed by atoms with E-state index in [1.807, 2.05) is 12.3 Å². The minimum Gasteiger partial charge on any atom is -0.378 e. The number of nitrogens with zero attached hydrogens (tertiary/aromatic N) is 3. The molecule has 4 rings (SSSR count). The van der Waals surface area contributed by atoms with Crippen LogP contribution in [-0.2, 0) is 11.3 Å². The van der Waals surface area contributed by atoms with Gasteiger partial charge in [-0.2, -0.15) is 5.10 Å². The van der Waals surface area contributed by atoms with Crippen LogP contribution in [0.4, 0.5) is 0 Å². The van der Waals surface area contributed by atoms with Crippen molar-refractivity contribution in [2.24, 2.45) is 0 Å². The van der Waals surface area contributed by atoms with Crippen LogP contribution in [0.1, 0.15) is 23.1 Å². The second-order valence-corrected chi connectivity index (χ2v) is 7.01. The molecule has 0 radical (unpaired) electrons. The van der Waals surface area contributed by atoms with Crippen LogP contribution in [0, 0.1) is 6.92 Å². The Balaban J connectivity index is 1.62. The van der Waals surface area contributed by atoms with E-state index in [1.165, 1.54) is 4.88 Å². The Morgan fingerprint density at radius 2 is 2.40 bits per heavy atom. The summed E-state index contributed by atoms with van der Waals surface area (Å²) in [4.78, 5) is 22.5. The van der Waals surface area contributed by atoms with Gasteiger partial charge in [0.25, 0.3) is 5.56 Å². The third kappa shape index (κ3) is 3.41. The van der Waals surface area contributed by atoms with Crippen molar-refractivity contribution in [1.82, 2.24) is 25.1 Å². The number of aromatic nitrogens is 4. The second kappa shape index (κ2) is 6.91. The van der Waals surface area contributed by atoms with Gasteiger partial charge in [-0.05, 0) is 18.4 Å². The number of morpholine rings is 1. The molecule has 25 heavy (non-hydrogen) atoms. The zero-order valence-corrected chi connectivity index (χ0v) is 14.7. The molecule has 3 aromatic rings. The van der Waals surface area contributed by atoms with E-state index in [4.69, 9.17) is 4.74 Å². The van der Waals surface area contributed by atoms with E-state index < -0.39 is 0 Å². The highest BCUT2D eigenvalue weighted by molar-refractivity contribution is 7.13. The maximum atomic E-state index is 11.8. The number of H-pyrrole nitrogens is 2. The van der Waals surface area contributed by atoms with Crippen molar-refractivity contribution in [3.05, 3.63) is 57.2 Å². The number of hydrogen-bond donors (Lipinski definition) is 2. The minimum absolute atomic E-state index is 0.0409. The summed E-state index contributed by atoms with van der Waals surface area (Å²) in [6.45, 7) is 4.51. The van der Waals surface area contributed by atoms with Gasteiger partial charge >= 0.3 is 0 Å². The van der Waals surface area contributed by atoms with E-state index in [9.17, 15) is 4.79 Å². The summed E-state index contributed by atoms with van der Waals surface area (Å²) < 4.78 is 5.65. The molecule has 1 aliphatic rings. The quantitative estimate of drug-likeness (QED) is 0.747. The molecule has 8 heteroatoms. The zero-order valence-electron chi connectivity index (χ0n) is 13.9. The molecule has 0 amide bonds. The number of rotatable bonds is 4. The van der Waals surface area contributed by atoms with E-state index >= 15 is 0 Å². The van der Waals surface area contributed by atoms with Crippen molar-refractivity contribution >= 4 is 11.3 Å². The lowest BCUT2D eigenvalue weighted by atomic mass is 10.1. The van der Waals surface area contributed by atoms with Gasteiger partial charge in [0, 0.05) is 24.7 Å². The molecule has 0 unspecified atom stereocenters. The van der Waals surface area contributed by atoms with Crippen molar-refractivity contribution in [3.8, 4) is 10.6 Å². The zero-order chi connectivity index (χ0) is 17.2. The van der Waals surface area contributed by atoms with Crippen LogP contribution in [-0.4, -0.2) is 44.8 Å². The fourth-order valence-corrected chi connectivity index (χ4v) is 3.91. The molecular weight excluding hydrogens is 338 g/mol. The molecule has 3 aromatic heterocycles. The lowest BCUT2D eigenvalue weighted by Gasteiger charge is -2.35. The lowest BCUT2D eigenvalue weighted by molar-refractivity contribution is -0.0143. The van der Waals surface area contributed by atoms with Gasteiger partial charge in [-0.3, -0.25) is 14.8 Å². The molecule has 0 bridgehead atoms. The van der Waals surface area contributed by atoms with Crippen LogP contribution in [0.5, 0.6) is 0 Å². The second-order valence-electron chi connectivity index (χ2n) is 6.06. The number of hydrogen-bond acceptors (Lipinski definition) is 6. The topological polar surface area (TPSA) is 86.9 Å². The Bertz CT molecular complexity index is 902. The number of thiophene rings is 1. The minimum atomic E-state index is -0.129. The first-order valence-corrected chi connectivity index (χ1v) is 9.04. The average Bonchev–Trinajstić information content (AvgIpc) is 3.25. The van der Waals surface area contributed by atoms with E-state index in [2.05, 4.69) is 36.5 Å². The molecule has 0 aromatic carbocycles. The van der Waals surface area contributed by atoms with E-state index in [1.54, 1.807) is 24.3 Å². The summed E-state index contributed by atoms with van der Waals surface area (Å²) in [5.41, 5.74) is 2.81. The molecule has 1 aliphatic heterocycles. The highest BCUT2D eigenvalue weighted by Gasteiger charge is 2.27. The van der Waals surface area contributed by atoms with Crippen LogP contribution in [0.2, 0.25) is 0 Å². The largest absolute Gasteiger partial charge is 0.378 e. The molecule has 0 spiro atoms. The third-order valence-electron chi connectivity index (χ3n) is 4.32. The van der Waals surface area contributed by atoms with Gasteiger partial charge in [-0.1, -0.05) is 6.07 Å². The maximum Gasteiger partial charge on any atom is 0.251 e. The van der Waals surface area contributed by atoms with Crippen LogP contribution in [0.25, 0.3) is 10.6 Å². The summed E-state index contributed by atoms with van der Waals surface area (Å²) >= 11 is 1.69. The Labute approximate surface area is 148 Å². The number of aryl methyl sites for hydroxylation is 1. The average molecular weight is 357 g/mol. The summed E-state index contributed by atoms with van der Waals surface area (Å²) in [5.74, 6) is 0.621. The van der Waals surface area contributed by atoms with Gasteiger partial charge in [0.15, 0.2) is 0 Å². The number of ether oxygens (including phenoxy) is 1. The Morgan fingerprint density at radius 3 is 3.20 bits per heavy atom. The number of aromatic amines is 2. The molecule has 4 heterocycles. The van der Waals surface area contributed by atoms with Crippen molar-refractivity contribution in [1.29, 1.82) is 0 Å². The summed E-state index contributed by atoms with van der Waals surface area (Å²) in [7, 11) is 0. The van der Waals surface area contributed by atoms with Crippen LogP contribution < -0.4 is 5.56 Å². The lowest BCUT2D eigenvalue weighted by Crippen LogP contribution is -2.40. The molecule has 0 aliphatic carbocycles. The summed E-state index contributed by atoms with van der Waals surface area (Å²) in [6, 6.07) is 5.64. The molecule has 0 saturated carbocycles. The van der Waals surface area contributed by atoms with Gasteiger partial charge in [0.1, 0.15) is 5.82 Å². The van der Waals surface area contributed by atoms with Gasteiger partial charge in [0.2, 0.25) is 0 Å². The van der Waals surface area contributed by atoms with Crippen molar-refractivity contribution in [2.45, 2.75) is 19.5 Å². The monoisotopic (exact) mass is 357 g/mol. The highest BCUT2D eigenvalue weighted by Crippen LogP contribution is 2.29. The van der Waals surface area contributed by atoms with E-state index in [-0.39, 0.29) is 11.6 Å². The third-order valence-corrected chi connectivity index (χ3v) is 5.21. The van der Waals surface area contributed by atoms with Crippen LogP contribution in [0.15, 0.2) is 34.6 Å². The predicted molar refractivity (Wildman–Crippen MR) is 95.5 cm³/mol. The summed E-state index contributed by atoms with van der Waals surface area (Å²) in [5, 5.41) is 9.38. The predicted octanol–water partition coefficient (Wildman–Crippen LogP) is 2.10. The van der Waals surface area contributed by atoms with E-state index in [0.29, 0.717) is 19.0 Å². The molecule has 1 atom stereocenters. The fraction of sp³-hybridized carbons (Fsp3) is 0.353. The summed E-state index contributed by atoms with van der Waals surface area (Å²) in [6.07, 6.45) is 1.87. The van der Waals surface area contributed by atoms with Crippen LogP contribution in [0.3, 0.4) is 0 Å². The number of nitrogens with one attached hydrogen (secondary N) is 2. The maximum absolute atomic E-state index is 11.8. The molecular formula is C17H19N5O2S. The molecule has 130 valence electrons. The normalized spacial score (nSPS) is 18.5. The molecule has 1 saturated heterocycles. The van der Waals surface area contributed by atoms with Crippen molar-refractivity contribution in [2.75, 3.05) is 19.8 Å². The molecule has 7 nitrogen and oxygen atoms in total. The first-order valence-electron chi connectivity index (χ1n) is 8.16.